The van der Waals surface area contributed by atoms with Crippen LogP contribution in [0.1, 0.15) is 18.9 Å². The van der Waals surface area contributed by atoms with Crippen molar-refractivity contribution in [2.75, 3.05) is 13.3 Å². The molecule has 0 aromatic heterocycles. The number of alkyl halides is 3. The molecule has 1 aliphatic rings. The zero-order valence-corrected chi connectivity index (χ0v) is 11.6. The lowest BCUT2D eigenvalue weighted by molar-refractivity contribution is -0.202. The number of aryl methyl sites for hydroxylation is 1. The van der Waals surface area contributed by atoms with Gasteiger partial charge in [0, 0.05) is 12.6 Å². The Kier molecular flexibility index (Phi) is 4.95. The first kappa shape index (κ1) is 15.9. The summed E-state index contributed by atoms with van der Waals surface area (Å²) in [5.41, 5.74) is 1.03. The fourth-order valence-electron chi connectivity index (χ4n) is 2.01. The number of benzene rings is 1. The quantitative estimate of drug-likeness (QED) is 0.846. The summed E-state index contributed by atoms with van der Waals surface area (Å²) in [6, 6.07) is 5.47. The van der Waals surface area contributed by atoms with Gasteiger partial charge in [-0.05, 0) is 37.5 Å². The van der Waals surface area contributed by atoms with Crippen molar-refractivity contribution in [3.63, 3.8) is 0 Å². The molecule has 1 heterocycles. The Morgan fingerprint density at radius 3 is 2.71 bits per heavy atom. The van der Waals surface area contributed by atoms with E-state index in [9.17, 15) is 13.2 Å². The highest BCUT2D eigenvalue weighted by Gasteiger charge is 2.37. The Morgan fingerprint density at radius 1 is 1.29 bits per heavy atom. The number of hydrogen-bond acceptors (Lipinski definition) is 4. The van der Waals surface area contributed by atoms with Gasteiger partial charge < -0.3 is 19.9 Å². The summed E-state index contributed by atoms with van der Waals surface area (Å²) >= 11 is 0. The highest BCUT2D eigenvalue weighted by atomic mass is 19.4. The maximum atomic E-state index is 12.2. The van der Waals surface area contributed by atoms with Crippen LogP contribution in [0.15, 0.2) is 18.2 Å². The molecule has 0 bridgehead atoms. The molecule has 0 fully saturated rings. The second kappa shape index (κ2) is 6.53. The summed E-state index contributed by atoms with van der Waals surface area (Å²) in [5, 5.41) is 11.6. The molecule has 1 aromatic rings. The van der Waals surface area contributed by atoms with E-state index in [1.807, 2.05) is 18.2 Å². The molecule has 2 rings (SSSR count). The van der Waals surface area contributed by atoms with Crippen molar-refractivity contribution in [3.05, 3.63) is 23.8 Å². The first-order valence-electron chi connectivity index (χ1n) is 6.73. The molecule has 2 unspecified atom stereocenters. The molecular formula is C14H18F3NO3. The molecule has 21 heavy (non-hydrogen) atoms. The Labute approximate surface area is 120 Å². The monoisotopic (exact) mass is 305 g/mol. The van der Waals surface area contributed by atoms with E-state index in [4.69, 9.17) is 14.6 Å². The minimum Gasteiger partial charge on any atom is -0.454 e. The number of ether oxygens (including phenoxy) is 2. The number of aliphatic hydroxyl groups excluding tert-OH is 1. The maximum Gasteiger partial charge on any atom is 0.415 e. The van der Waals surface area contributed by atoms with Crippen LogP contribution < -0.4 is 14.8 Å². The standard InChI is InChI=1S/C14H18F3NO3/c1-9(18-7-13(19)14(15,16)17)2-3-10-4-5-11-12(6-10)21-8-20-11/h4-6,9,13,18-19H,2-3,7-8H2,1H3. The van der Waals surface area contributed by atoms with Crippen LogP contribution in [-0.2, 0) is 6.42 Å². The number of aliphatic hydroxyl groups is 1. The minimum absolute atomic E-state index is 0.132. The number of halogens is 3. The normalized spacial score (nSPS) is 16.8. The molecule has 4 nitrogen and oxygen atoms in total. The lowest BCUT2D eigenvalue weighted by Crippen LogP contribution is -2.41. The van der Waals surface area contributed by atoms with Gasteiger partial charge in [0.1, 0.15) is 0 Å². The zero-order chi connectivity index (χ0) is 15.5. The van der Waals surface area contributed by atoms with E-state index in [1.54, 1.807) is 6.92 Å². The fraction of sp³-hybridized carbons (Fsp3) is 0.571. The van der Waals surface area contributed by atoms with Gasteiger partial charge in [0.25, 0.3) is 0 Å². The Morgan fingerprint density at radius 2 is 2.00 bits per heavy atom. The summed E-state index contributed by atoms with van der Waals surface area (Å²) in [4.78, 5) is 0. The average Bonchev–Trinajstić information content (AvgIpc) is 2.88. The van der Waals surface area contributed by atoms with Gasteiger partial charge in [-0.3, -0.25) is 0 Å². The smallest absolute Gasteiger partial charge is 0.415 e. The topological polar surface area (TPSA) is 50.7 Å². The van der Waals surface area contributed by atoms with E-state index in [1.165, 1.54) is 0 Å². The Hall–Kier alpha value is -1.47. The molecule has 0 aliphatic carbocycles. The lowest BCUT2D eigenvalue weighted by Gasteiger charge is -2.19. The first-order valence-corrected chi connectivity index (χ1v) is 6.73. The van der Waals surface area contributed by atoms with E-state index < -0.39 is 18.8 Å². The van der Waals surface area contributed by atoms with Crippen LogP contribution in [0, 0.1) is 0 Å². The third-order valence-corrected chi connectivity index (χ3v) is 3.34. The Balaban J connectivity index is 1.75. The van der Waals surface area contributed by atoms with Gasteiger partial charge in [-0.1, -0.05) is 6.07 Å². The van der Waals surface area contributed by atoms with Gasteiger partial charge in [-0.25, -0.2) is 0 Å². The molecule has 0 saturated heterocycles. The number of hydrogen-bond donors (Lipinski definition) is 2. The largest absolute Gasteiger partial charge is 0.454 e. The third-order valence-electron chi connectivity index (χ3n) is 3.34. The van der Waals surface area contributed by atoms with Gasteiger partial charge in [0.05, 0.1) is 0 Å². The van der Waals surface area contributed by atoms with Gasteiger partial charge in [-0.2, -0.15) is 13.2 Å². The van der Waals surface area contributed by atoms with Crippen molar-refractivity contribution in [3.8, 4) is 11.5 Å². The van der Waals surface area contributed by atoms with E-state index in [0.29, 0.717) is 24.3 Å². The highest BCUT2D eigenvalue weighted by Crippen LogP contribution is 2.32. The molecule has 0 saturated carbocycles. The number of nitrogens with one attached hydrogen (secondary N) is 1. The van der Waals surface area contributed by atoms with E-state index in [-0.39, 0.29) is 12.8 Å². The summed E-state index contributed by atoms with van der Waals surface area (Å²) in [7, 11) is 0. The Bertz CT molecular complexity index is 479. The minimum atomic E-state index is -4.58. The number of fused-ring (bicyclic) bond motifs is 1. The van der Waals surface area contributed by atoms with Crippen molar-refractivity contribution < 1.29 is 27.8 Å². The van der Waals surface area contributed by atoms with Gasteiger partial charge in [0.2, 0.25) is 6.79 Å². The van der Waals surface area contributed by atoms with Crippen LogP contribution in [0.25, 0.3) is 0 Å². The molecule has 0 amide bonds. The van der Waals surface area contributed by atoms with Crippen LogP contribution in [-0.4, -0.2) is 36.8 Å². The zero-order valence-electron chi connectivity index (χ0n) is 11.6. The van der Waals surface area contributed by atoms with Gasteiger partial charge >= 0.3 is 6.18 Å². The van der Waals surface area contributed by atoms with Crippen LogP contribution in [0.4, 0.5) is 13.2 Å². The summed E-state index contributed by atoms with van der Waals surface area (Å²) < 4.78 is 47.0. The second-order valence-electron chi connectivity index (χ2n) is 5.09. The maximum absolute atomic E-state index is 12.2. The second-order valence-corrected chi connectivity index (χ2v) is 5.09. The van der Waals surface area contributed by atoms with Gasteiger partial charge in [-0.15, -0.1) is 0 Å². The summed E-state index contributed by atoms with van der Waals surface area (Å²) in [5.74, 6) is 1.40. The van der Waals surface area contributed by atoms with Crippen molar-refractivity contribution in [2.24, 2.45) is 0 Å². The van der Waals surface area contributed by atoms with Crippen molar-refractivity contribution in [2.45, 2.75) is 38.1 Å². The lowest BCUT2D eigenvalue weighted by atomic mass is 10.1. The van der Waals surface area contributed by atoms with Crippen molar-refractivity contribution in [1.82, 2.24) is 5.32 Å². The fourth-order valence-corrected chi connectivity index (χ4v) is 2.01. The summed E-state index contributed by atoms with van der Waals surface area (Å²) in [6.07, 6.45) is -5.55. The van der Waals surface area contributed by atoms with Crippen molar-refractivity contribution >= 4 is 0 Å². The van der Waals surface area contributed by atoms with Crippen LogP contribution in [0.2, 0.25) is 0 Å². The molecule has 0 radical (unpaired) electrons. The molecular weight excluding hydrogens is 287 g/mol. The van der Waals surface area contributed by atoms with Crippen LogP contribution in [0.3, 0.4) is 0 Å². The predicted octanol–water partition coefficient (Wildman–Crippen LogP) is 2.25. The summed E-state index contributed by atoms with van der Waals surface area (Å²) in [6.45, 7) is 1.51. The highest BCUT2D eigenvalue weighted by molar-refractivity contribution is 5.44. The average molecular weight is 305 g/mol. The first-order chi connectivity index (χ1) is 9.86. The van der Waals surface area contributed by atoms with Crippen molar-refractivity contribution in [1.29, 1.82) is 0 Å². The molecule has 2 N–H and O–H groups in total. The third kappa shape index (κ3) is 4.50. The molecule has 0 spiro atoms. The van der Waals surface area contributed by atoms with E-state index in [2.05, 4.69) is 5.32 Å². The van der Waals surface area contributed by atoms with Gasteiger partial charge in [0.15, 0.2) is 17.6 Å². The predicted molar refractivity (Wildman–Crippen MR) is 70.4 cm³/mol. The SMILES string of the molecule is CC(CCc1ccc2c(c1)OCO2)NCC(O)C(F)(F)F. The molecule has 118 valence electrons. The molecule has 1 aromatic carbocycles. The van der Waals surface area contributed by atoms with E-state index >= 15 is 0 Å². The molecule has 7 heteroatoms. The number of rotatable bonds is 6. The van der Waals surface area contributed by atoms with E-state index in [0.717, 1.165) is 5.56 Å². The molecule has 1 aliphatic heterocycles. The van der Waals surface area contributed by atoms with Crippen LogP contribution in [0.5, 0.6) is 11.5 Å². The van der Waals surface area contributed by atoms with Crippen LogP contribution >= 0.6 is 0 Å². The molecule has 2 atom stereocenters.